The summed E-state index contributed by atoms with van der Waals surface area (Å²) in [5.41, 5.74) is 0. The Morgan fingerprint density at radius 2 is 1.80 bits per heavy atom. The predicted molar refractivity (Wildman–Crippen MR) is 151 cm³/mol. The van der Waals surface area contributed by atoms with Crippen molar-refractivity contribution in [2.75, 3.05) is 19.1 Å². The first-order valence-corrected chi connectivity index (χ1v) is 19.2. The molecule has 2 rings (SSSR count). The fraction of sp³-hybridized carbons (Fsp3) is 0.842. The van der Waals surface area contributed by atoms with Crippen LogP contribution < -0.4 is 5.32 Å². The standard InChI is InChI=1S/C19H37BNO14P3S2/c1-19(2,12-21-18(22)32-14-8-6-4-3-5-7-9-14)40-39-13-30-15-10-17(20)33-16(15)11-31-37(26,27)35-38(28,29)34-36(23,24)25/h3-4,14-17H,5-13,20H2,1-2H3,(H,21,22)(H,26,27)(H,28,29)(H2,23,24,25)/b4-3+/t14?,15?,16-,17-/m1/s1. The molecule has 0 bridgehead atoms. The molecule has 5 N–H and O–H groups in total. The molecule has 0 saturated carbocycles. The average Bonchev–Trinajstić information content (AvgIpc) is 3.13. The van der Waals surface area contributed by atoms with Gasteiger partial charge in [0.2, 0.25) is 0 Å². The Kier molecular flexibility index (Phi) is 14.7. The molecule has 4 unspecified atom stereocenters. The van der Waals surface area contributed by atoms with Gasteiger partial charge in [0.1, 0.15) is 26.0 Å². The van der Waals surface area contributed by atoms with Gasteiger partial charge in [-0.3, -0.25) is 4.52 Å². The van der Waals surface area contributed by atoms with E-state index in [0.717, 1.165) is 32.1 Å². The molecule has 1 saturated heterocycles. The summed E-state index contributed by atoms with van der Waals surface area (Å²) < 4.78 is 62.9. The molecule has 40 heavy (non-hydrogen) atoms. The van der Waals surface area contributed by atoms with Crippen molar-refractivity contribution in [3.8, 4) is 0 Å². The molecule has 232 valence electrons. The molecule has 0 radical (unpaired) electrons. The van der Waals surface area contributed by atoms with Gasteiger partial charge < -0.3 is 39.1 Å². The fourth-order valence-corrected chi connectivity index (χ4v) is 8.97. The van der Waals surface area contributed by atoms with Gasteiger partial charge in [-0.15, -0.1) is 0 Å². The molecule has 2 aliphatic rings. The number of ether oxygens (including phenoxy) is 3. The lowest BCUT2D eigenvalue weighted by atomic mass is 9.96. The number of carbonyl (C=O) groups is 1. The van der Waals surface area contributed by atoms with E-state index in [-0.39, 0.29) is 22.8 Å². The van der Waals surface area contributed by atoms with Gasteiger partial charge in [0.25, 0.3) is 0 Å². The van der Waals surface area contributed by atoms with Gasteiger partial charge in [-0.05, 0) is 52.4 Å². The van der Waals surface area contributed by atoms with E-state index in [1.807, 2.05) is 13.8 Å². The van der Waals surface area contributed by atoms with Crippen LogP contribution in [0.4, 0.5) is 4.79 Å². The van der Waals surface area contributed by atoms with Crippen molar-refractivity contribution in [1.29, 1.82) is 0 Å². The molecular weight excluding hydrogens is 634 g/mol. The molecule has 0 aromatic heterocycles. The van der Waals surface area contributed by atoms with Crippen molar-refractivity contribution in [3.05, 3.63) is 12.2 Å². The Hall–Kier alpha value is 0.105. The monoisotopic (exact) mass is 671 g/mol. The summed E-state index contributed by atoms with van der Waals surface area (Å²) in [6.45, 7) is 3.70. The van der Waals surface area contributed by atoms with Crippen molar-refractivity contribution < 1.29 is 65.4 Å². The van der Waals surface area contributed by atoms with Gasteiger partial charge >= 0.3 is 29.6 Å². The Morgan fingerprint density at radius 3 is 2.50 bits per heavy atom. The molecular formula is C19H37BNO14P3S2. The smallest absolute Gasteiger partial charge is 0.446 e. The fourth-order valence-electron chi connectivity index (χ4n) is 3.76. The van der Waals surface area contributed by atoms with Crippen LogP contribution >= 0.6 is 45.1 Å². The maximum Gasteiger partial charge on any atom is 0.490 e. The summed E-state index contributed by atoms with van der Waals surface area (Å²) in [4.78, 5) is 48.4. The first kappa shape index (κ1) is 36.3. The zero-order chi connectivity index (χ0) is 30.0. The van der Waals surface area contributed by atoms with Crippen LogP contribution in [0.15, 0.2) is 12.2 Å². The number of hydrogen-bond donors (Lipinski definition) is 5. The topological polar surface area (TPSA) is 217 Å². The first-order chi connectivity index (χ1) is 18.5. The lowest BCUT2D eigenvalue weighted by molar-refractivity contribution is -0.0237. The highest BCUT2D eigenvalue weighted by atomic mass is 33.1. The summed E-state index contributed by atoms with van der Waals surface area (Å²) in [6.07, 6.45) is 7.29. The van der Waals surface area contributed by atoms with E-state index in [2.05, 4.69) is 30.6 Å². The minimum atomic E-state index is -5.60. The highest BCUT2D eigenvalue weighted by Crippen LogP contribution is 2.66. The number of rotatable bonds is 15. The highest BCUT2D eigenvalue weighted by Gasteiger charge is 2.42. The highest BCUT2D eigenvalue weighted by molar-refractivity contribution is 8.77. The summed E-state index contributed by atoms with van der Waals surface area (Å²) in [5, 5.41) is 2.82. The Labute approximate surface area is 242 Å². The molecule has 0 aromatic carbocycles. The van der Waals surface area contributed by atoms with Gasteiger partial charge in [-0.1, -0.05) is 33.7 Å². The zero-order valence-electron chi connectivity index (χ0n) is 22.4. The summed E-state index contributed by atoms with van der Waals surface area (Å²) >= 11 is 0. The number of nitrogens with one attached hydrogen (secondary N) is 1. The van der Waals surface area contributed by atoms with Crippen molar-refractivity contribution in [2.24, 2.45) is 0 Å². The molecule has 0 spiro atoms. The third-order valence-corrected chi connectivity index (χ3v) is 12.2. The van der Waals surface area contributed by atoms with E-state index < -0.39 is 48.4 Å². The third kappa shape index (κ3) is 15.5. The number of allylic oxidation sites excluding steroid dienone is 2. The number of carbonyl (C=O) groups excluding carboxylic acids is 1. The first-order valence-electron chi connectivity index (χ1n) is 12.4. The van der Waals surface area contributed by atoms with E-state index in [0.29, 0.717) is 13.0 Å². The number of amides is 1. The van der Waals surface area contributed by atoms with Crippen LogP contribution in [0.25, 0.3) is 0 Å². The van der Waals surface area contributed by atoms with Gasteiger partial charge in [-0.25, -0.2) is 18.5 Å². The Bertz CT molecular complexity index is 1000. The van der Waals surface area contributed by atoms with Crippen molar-refractivity contribution in [2.45, 2.75) is 81.4 Å². The van der Waals surface area contributed by atoms with E-state index in [1.165, 1.54) is 21.6 Å². The number of phosphoric acid groups is 3. The van der Waals surface area contributed by atoms with E-state index in [9.17, 15) is 28.3 Å². The largest absolute Gasteiger partial charge is 0.490 e. The summed E-state index contributed by atoms with van der Waals surface area (Å²) in [5.74, 6) is 0.209. The zero-order valence-corrected chi connectivity index (χ0v) is 26.7. The van der Waals surface area contributed by atoms with E-state index >= 15 is 0 Å². The lowest BCUT2D eigenvalue weighted by Gasteiger charge is -2.25. The molecule has 6 atom stereocenters. The van der Waals surface area contributed by atoms with Gasteiger partial charge in [0.15, 0.2) is 0 Å². The minimum absolute atomic E-state index is 0.0936. The van der Waals surface area contributed by atoms with E-state index in [4.69, 9.17) is 24.0 Å². The average molecular weight is 671 g/mol. The maximum absolute atomic E-state index is 12.3. The van der Waals surface area contributed by atoms with Crippen LogP contribution in [0.1, 0.15) is 52.4 Å². The number of phosphoric ester groups is 1. The van der Waals surface area contributed by atoms with Crippen molar-refractivity contribution >= 4 is 59.0 Å². The Morgan fingerprint density at radius 1 is 1.10 bits per heavy atom. The van der Waals surface area contributed by atoms with Crippen LogP contribution in [-0.4, -0.2) is 81.7 Å². The predicted octanol–water partition coefficient (Wildman–Crippen LogP) is 3.20. The van der Waals surface area contributed by atoms with Crippen LogP contribution in [0.2, 0.25) is 0 Å². The number of hydrogen-bond acceptors (Lipinski definition) is 12. The molecule has 15 nitrogen and oxygen atoms in total. The van der Waals surface area contributed by atoms with Gasteiger partial charge in [0, 0.05) is 17.3 Å². The second-order valence-corrected chi connectivity index (χ2v) is 17.1. The molecule has 1 aliphatic heterocycles. The van der Waals surface area contributed by atoms with Gasteiger partial charge in [0.05, 0.1) is 12.7 Å². The van der Waals surface area contributed by atoms with Crippen LogP contribution in [0, 0.1) is 0 Å². The van der Waals surface area contributed by atoms with Crippen molar-refractivity contribution in [1.82, 2.24) is 5.32 Å². The van der Waals surface area contributed by atoms with Crippen LogP contribution in [-0.2, 0) is 41.1 Å². The second kappa shape index (κ2) is 16.3. The molecule has 1 heterocycles. The SMILES string of the molecule is B[C@H]1CC(OCSSC(C)(C)CNC(=O)OC2CC/C=C/CCC2)[C@@H](COP(=O)(O)OP(=O)(O)OP(=O)(O)O)O1. The second-order valence-electron chi connectivity index (χ2n) is 9.75. The Balaban J connectivity index is 1.72. The minimum Gasteiger partial charge on any atom is -0.446 e. The normalized spacial score (nSPS) is 28.1. The third-order valence-electron chi connectivity index (χ3n) is 5.47. The quantitative estimate of drug-likeness (QED) is 0.0422. The molecule has 1 aliphatic carbocycles. The number of alkyl carbamates (subject to hydrolysis) is 1. The lowest BCUT2D eigenvalue weighted by Crippen LogP contribution is -2.38. The molecule has 1 fully saturated rings. The molecule has 1 amide bonds. The summed E-state index contributed by atoms with van der Waals surface area (Å²) in [7, 11) is -11.7. The van der Waals surface area contributed by atoms with Crippen molar-refractivity contribution in [3.63, 3.8) is 0 Å². The molecule has 0 aromatic rings. The van der Waals surface area contributed by atoms with E-state index in [1.54, 1.807) is 7.85 Å². The van der Waals surface area contributed by atoms with Crippen LogP contribution in [0.3, 0.4) is 0 Å². The molecule has 21 heteroatoms. The van der Waals surface area contributed by atoms with Crippen LogP contribution in [0.5, 0.6) is 0 Å². The van der Waals surface area contributed by atoms with Gasteiger partial charge in [-0.2, -0.15) is 8.62 Å². The summed E-state index contributed by atoms with van der Waals surface area (Å²) in [6, 6.07) is -0.280. The maximum atomic E-state index is 12.3.